The van der Waals surface area contributed by atoms with Gasteiger partial charge < -0.3 is 0 Å². The van der Waals surface area contributed by atoms with E-state index in [2.05, 4.69) is 25.5 Å². The molecule has 0 aromatic rings. The van der Waals surface area contributed by atoms with Gasteiger partial charge in [0.05, 0.1) is 0 Å². The van der Waals surface area contributed by atoms with Crippen LogP contribution in [0.4, 0.5) is 0 Å². The Hall–Kier alpha value is 0.0700. The molecule has 1 unspecified atom stereocenters. The molecule has 0 heterocycles. The summed E-state index contributed by atoms with van der Waals surface area (Å²) in [7, 11) is 0. The summed E-state index contributed by atoms with van der Waals surface area (Å²) in [5.74, 6) is 0. The molecule has 0 spiro atoms. The molecule has 0 aromatic heterocycles. The fourth-order valence-corrected chi connectivity index (χ4v) is 2.26. The Balaban J connectivity index is 4.21. The van der Waals surface area contributed by atoms with Crippen LogP contribution < -0.4 is 4.72 Å². The minimum Gasteiger partial charge on any atom is -0.294 e. The van der Waals surface area contributed by atoms with Gasteiger partial charge in [-0.15, -0.1) is 0 Å². The van der Waals surface area contributed by atoms with Crippen molar-refractivity contribution >= 4 is 11.3 Å². The van der Waals surface area contributed by atoms with E-state index in [1.165, 1.54) is 0 Å². The van der Waals surface area contributed by atoms with Gasteiger partial charge in [-0.05, 0) is 19.3 Å². The first kappa shape index (κ1) is 13.1. The van der Waals surface area contributed by atoms with Gasteiger partial charge >= 0.3 is 0 Å². The van der Waals surface area contributed by atoms with Crippen LogP contribution in [0.1, 0.15) is 52.9 Å². The lowest BCUT2D eigenvalue weighted by Crippen LogP contribution is -2.44. The summed E-state index contributed by atoms with van der Waals surface area (Å²) in [6, 6.07) is 0. The van der Waals surface area contributed by atoms with Crippen LogP contribution in [0.25, 0.3) is 0 Å². The van der Waals surface area contributed by atoms with E-state index in [0.29, 0.717) is 0 Å². The topological polar surface area (TPSA) is 49.3 Å². The maximum Gasteiger partial charge on any atom is 0.232 e. The summed E-state index contributed by atoms with van der Waals surface area (Å²) in [4.78, 5) is 0. The number of unbranched alkanes of at least 4 members (excludes halogenated alkanes) is 1. The first-order valence-electron chi connectivity index (χ1n) is 4.99. The first-order chi connectivity index (χ1) is 6.10. The first-order valence-corrected chi connectivity index (χ1v) is 6.09. The van der Waals surface area contributed by atoms with Crippen molar-refractivity contribution in [3.8, 4) is 0 Å². The van der Waals surface area contributed by atoms with E-state index in [-0.39, 0.29) is 5.54 Å². The van der Waals surface area contributed by atoms with Crippen molar-refractivity contribution < 1.29 is 8.76 Å². The highest BCUT2D eigenvalue weighted by Gasteiger charge is 2.26. The van der Waals surface area contributed by atoms with Crippen LogP contribution in [-0.4, -0.2) is 14.3 Å². The molecule has 0 aliphatic rings. The summed E-state index contributed by atoms with van der Waals surface area (Å²) in [6.07, 6.45) is 5.00. The molecule has 3 nitrogen and oxygen atoms in total. The van der Waals surface area contributed by atoms with E-state index in [9.17, 15) is 4.21 Å². The second-order valence-electron chi connectivity index (χ2n) is 3.44. The zero-order valence-corrected chi connectivity index (χ0v) is 9.62. The molecule has 0 rings (SSSR count). The molecule has 0 aliphatic heterocycles. The Morgan fingerprint density at radius 2 is 1.85 bits per heavy atom. The number of hydrogen-bond acceptors (Lipinski definition) is 1. The van der Waals surface area contributed by atoms with Crippen LogP contribution in [0.15, 0.2) is 0 Å². The molecule has 0 fully saturated rings. The van der Waals surface area contributed by atoms with E-state index >= 15 is 0 Å². The molecule has 80 valence electrons. The van der Waals surface area contributed by atoms with Gasteiger partial charge in [-0.25, -0.2) is 8.93 Å². The molecule has 0 aromatic carbocycles. The second-order valence-corrected chi connectivity index (χ2v) is 4.14. The third kappa shape index (κ3) is 4.74. The Kier molecular flexibility index (Phi) is 6.55. The van der Waals surface area contributed by atoms with E-state index < -0.39 is 11.3 Å². The smallest absolute Gasteiger partial charge is 0.232 e. The molecule has 1 atom stereocenters. The van der Waals surface area contributed by atoms with E-state index in [0.717, 1.165) is 32.1 Å². The highest BCUT2D eigenvalue weighted by atomic mass is 32.2. The maximum atomic E-state index is 10.7. The second kappa shape index (κ2) is 6.51. The van der Waals surface area contributed by atoms with Crippen LogP contribution in [0.5, 0.6) is 0 Å². The van der Waals surface area contributed by atoms with E-state index in [4.69, 9.17) is 4.55 Å². The van der Waals surface area contributed by atoms with Gasteiger partial charge in [0.1, 0.15) is 0 Å². The lowest BCUT2D eigenvalue weighted by atomic mass is 9.88. The maximum absolute atomic E-state index is 10.7. The zero-order chi connectivity index (χ0) is 10.3. The van der Waals surface area contributed by atoms with Gasteiger partial charge in [0.15, 0.2) is 0 Å². The highest BCUT2D eigenvalue weighted by molar-refractivity contribution is 7.77. The molecular formula is C9H21NO2S. The zero-order valence-electron chi connectivity index (χ0n) is 8.80. The molecular weight excluding hydrogens is 186 g/mol. The summed E-state index contributed by atoms with van der Waals surface area (Å²) in [5, 5.41) is 0. The molecule has 2 N–H and O–H groups in total. The molecule has 0 radical (unpaired) electrons. The number of nitrogens with one attached hydrogen (secondary N) is 1. The molecule has 13 heavy (non-hydrogen) atoms. The van der Waals surface area contributed by atoms with Gasteiger partial charge in [-0.2, -0.15) is 0 Å². The average molecular weight is 207 g/mol. The molecule has 0 aliphatic carbocycles. The van der Waals surface area contributed by atoms with Crippen molar-refractivity contribution in [1.82, 2.24) is 4.72 Å². The highest BCUT2D eigenvalue weighted by Crippen LogP contribution is 2.22. The van der Waals surface area contributed by atoms with Gasteiger partial charge in [0, 0.05) is 5.54 Å². The monoisotopic (exact) mass is 207 g/mol. The molecule has 4 heteroatoms. The van der Waals surface area contributed by atoms with Crippen molar-refractivity contribution in [3.63, 3.8) is 0 Å². The van der Waals surface area contributed by atoms with Crippen molar-refractivity contribution in [2.75, 3.05) is 0 Å². The van der Waals surface area contributed by atoms with Crippen LogP contribution in [0, 0.1) is 0 Å². The normalized spacial score (nSPS) is 14.5. The third-order valence-electron chi connectivity index (χ3n) is 2.67. The van der Waals surface area contributed by atoms with Gasteiger partial charge in [-0.1, -0.05) is 33.6 Å². The standard InChI is InChI=1S/C9H21NO2S/c1-4-7-8-9(5-2,6-3)10-13(11)12/h10H,4-8H2,1-3H3,(H,11,12). The van der Waals surface area contributed by atoms with Crippen LogP contribution in [0.2, 0.25) is 0 Å². The van der Waals surface area contributed by atoms with Crippen molar-refractivity contribution in [2.24, 2.45) is 0 Å². The summed E-state index contributed by atoms with van der Waals surface area (Å²) >= 11 is -1.89. The Morgan fingerprint density at radius 3 is 2.15 bits per heavy atom. The molecule has 0 bridgehead atoms. The predicted octanol–water partition coefficient (Wildman–Crippen LogP) is 2.46. The van der Waals surface area contributed by atoms with Crippen molar-refractivity contribution in [3.05, 3.63) is 0 Å². The van der Waals surface area contributed by atoms with E-state index in [1.54, 1.807) is 0 Å². The van der Waals surface area contributed by atoms with Crippen LogP contribution in [0.3, 0.4) is 0 Å². The van der Waals surface area contributed by atoms with Gasteiger partial charge in [0.25, 0.3) is 0 Å². The predicted molar refractivity (Wildman–Crippen MR) is 56.7 cm³/mol. The van der Waals surface area contributed by atoms with Crippen LogP contribution in [-0.2, 0) is 11.3 Å². The number of hydrogen-bond donors (Lipinski definition) is 2. The minimum atomic E-state index is -1.89. The quantitative estimate of drug-likeness (QED) is 0.630. The molecule has 0 saturated heterocycles. The fraction of sp³-hybridized carbons (Fsp3) is 1.00. The Bertz CT molecular complexity index is 158. The summed E-state index contributed by atoms with van der Waals surface area (Å²) in [5.41, 5.74) is -0.143. The molecule has 0 saturated carbocycles. The van der Waals surface area contributed by atoms with Gasteiger partial charge in [0.2, 0.25) is 11.3 Å². The lowest BCUT2D eigenvalue weighted by molar-refractivity contribution is 0.317. The SMILES string of the molecule is CCCCC(CC)(CC)NS(=O)O. The molecule has 0 amide bonds. The summed E-state index contributed by atoms with van der Waals surface area (Å²) < 4.78 is 22.3. The largest absolute Gasteiger partial charge is 0.294 e. The van der Waals surface area contributed by atoms with Gasteiger partial charge in [-0.3, -0.25) is 4.55 Å². The van der Waals surface area contributed by atoms with Crippen molar-refractivity contribution in [1.29, 1.82) is 0 Å². The average Bonchev–Trinajstić information content (AvgIpc) is 2.12. The third-order valence-corrected chi connectivity index (χ3v) is 3.27. The van der Waals surface area contributed by atoms with Crippen molar-refractivity contribution in [2.45, 2.75) is 58.4 Å². The Labute approximate surface area is 83.7 Å². The summed E-state index contributed by atoms with van der Waals surface area (Å²) in [6.45, 7) is 6.24. The Morgan fingerprint density at radius 1 is 1.31 bits per heavy atom. The van der Waals surface area contributed by atoms with Crippen LogP contribution >= 0.6 is 0 Å². The van der Waals surface area contributed by atoms with E-state index in [1.807, 2.05) is 0 Å². The fourth-order valence-electron chi connectivity index (χ4n) is 1.50. The number of rotatable bonds is 7. The minimum absolute atomic E-state index is 0.143. The lowest BCUT2D eigenvalue weighted by Gasteiger charge is -2.30.